The molecule has 13 nitrogen and oxygen atoms in total. The third-order valence-corrected chi connectivity index (χ3v) is 5.45. The summed E-state index contributed by atoms with van der Waals surface area (Å²) in [5, 5.41) is 33.5. The second-order valence-corrected chi connectivity index (χ2v) is 11.0. The summed E-state index contributed by atoms with van der Waals surface area (Å²) >= 11 is 0. The number of carbonyl (C=O) groups excluding carboxylic acids is 1. The predicted molar refractivity (Wildman–Crippen MR) is 130 cm³/mol. The van der Waals surface area contributed by atoms with E-state index in [1.807, 2.05) is 0 Å². The van der Waals surface area contributed by atoms with Crippen LogP contribution in [0.25, 0.3) is 0 Å². The molecule has 1 aromatic carbocycles. The molecule has 2 rings (SSSR count). The summed E-state index contributed by atoms with van der Waals surface area (Å²) in [4.78, 5) is 20.8. The summed E-state index contributed by atoms with van der Waals surface area (Å²) in [5.41, 5.74) is -0.176. The normalized spacial score (nSPS) is 21.5. The SMILES string of the molecule is C[C@@H]1CC(C)(C)NCCN[C@H](C)CC(C)(C)NCCN1.O.O=C([O-])c1ccccc1C(=O)O.[Ni+2].[O-][Cl+3]([O-])([O-])[O-]. The Morgan fingerprint density at radius 1 is 0.821 bits per heavy atom. The molecule has 1 aromatic rings. The topological polar surface area (TPSA) is 249 Å². The number of carboxylic acids is 2. The molecule has 0 aliphatic carbocycles. The van der Waals surface area contributed by atoms with Crippen LogP contribution < -0.4 is 45.0 Å². The number of halogens is 1. The van der Waals surface area contributed by atoms with Crippen LogP contribution in [0.3, 0.4) is 0 Å². The standard InChI is InChI=1S/C16H36N4.C8H6O4.ClHO4.Ni.H2O/c1-13-11-15(3,4)19-10-8-18-14(2)12-16(5,6)20-9-7-17-13;9-7(10)5-3-1-2-4-6(5)8(11)12;2-1(3,4)5;;/h13-14,17-20H,7-12H2,1-6H3;1-4H,(H,9,10)(H,11,12);(H,2,3,4,5);;1H2/q;;;+2;/p-2/t13-,14-;;;;/m1..../s1. The fourth-order valence-electron chi connectivity index (χ4n) is 4.11. The van der Waals surface area contributed by atoms with Crippen LogP contribution in [0, 0.1) is 10.2 Å². The Morgan fingerprint density at radius 2 is 1.15 bits per heavy atom. The average molecular weight is 626 g/mol. The summed E-state index contributed by atoms with van der Waals surface area (Å²) in [6, 6.07) is 6.38. The maximum Gasteiger partial charge on any atom is 2.00 e. The molecule has 1 aliphatic rings. The number of hydrogen-bond acceptors (Lipinski definition) is 11. The van der Waals surface area contributed by atoms with Crippen molar-refractivity contribution in [3.8, 4) is 0 Å². The smallest absolute Gasteiger partial charge is 0.545 e. The van der Waals surface area contributed by atoms with Crippen LogP contribution in [0.5, 0.6) is 0 Å². The molecular weight excluding hydrogens is 582 g/mol. The van der Waals surface area contributed by atoms with Crippen molar-refractivity contribution in [2.45, 2.75) is 77.5 Å². The van der Waals surface area contributed by atoms with E-state index >= 15 is 0 Å². The molecule has 0 aromatic heterocycles. The molecule has 2 atom stereocenters. The van der Waals surface area contributed by atoms with Crippen LogP contribution in [-0.2, 0) is 16.5 Å². The molecule has 0 unspecified atom stereocenters. The van der Waals surface area contributed by atoms with Crippen molar-refractivity contribution in [1.29, 1.82) is 0 Å². The summed E-state index contributed by atoms with van der Waals surface area (Å²) in [7, 11) is -4.94. The number of rotatable bonds is 2. The number of carbonyl (C=O) groups is 2. The van der Waals surface area contributed by atoms with E-state index in [1.54, 1.807) is 0 Å². The summed E-state index contributed by atoms with van der Waals surface area (Å²) in [6.45, 7) is 17.8. The van der Waals surface area contributed by atoms with Crippen LogP contribution in [-0.4, -0.2) is 71.9 Å². The monoisotopic (exact) mass is 624 g/mol. The van der Waals surface area contributed by atoms with Gasteiger partial charge in [-0.3, -0.25) is 0 Å². The minimum absolute atomic E-state index is 0. The Hall–Kier alpha value is -1.42. The van der Waals surface area contributed by atoms with Gasteiger partial charge in [-0.15, -0.1) is 10.2 Å². The van der Waals surface area contributed by atoms with E-state index in [9.17, 15) is 14.7 Å². The Balaban J connectivity index is -0.000000581. The van der Waals surface area contributed by atoms with Gasteiger partial charge in [0.05, 0.1) is 11.5 Å². The van der Waals surface area contributed by atoms with Gasteiger partial charge in [0, 0.05) is 54.9 Å². The van der Waals surface area contributed by atoms with Crippen molar-refractivity contribution in [3.05, 3.63) is 35.4 Å². The maximum absolute atomic E-state index is 10.4. The predicted octanol–water partition coefficient (Wildman–Crippen LogP) is -4.36. The van der Waals surface area contributed by atoms with Gasteiger partial charge < -0.3 is 41.8 Å². The minimum Gasteiger partial charge on any atom is -0.545 e. The molecule has 15 heteroatoms. The molecule has 0 radical (unpaired) electrons. The largest absolute Gasteiger partial charge is 2.00 e. The molecule has 1 fully saturated rings. The Kier molecular flexibility index (Phi) is 21.2. The third kappa shape index (κ3) is 23.0. The van der Waals surface area contributed by atoms with Gasteiger partial charge >= 0.3 is 22.5 Å². The number of carboxylic acid groups (broad SMARTS) is 2. The minimum atomic E-state index is -4.94. The van der Waals surface area contributed by atoms with E-state index < -0.39 is 22.2 Å². The molecule has 0 amide bonds. The van der Waals surface area contributed by atoms with Gasteiger partial charge in [0.1, 0.15) is 0 Å². The zero-order chi connectivity index (χ0) is 28.9. The number of benzene rings is 1. The number of nitrogens with one attached hydrogen (secondary N) is 4. The second kappa shape index (κ2) is 19.6. The summed E-state index contributed by atoms with van der Waals surface area (Å²) < 4.78 is 34.0. The molecule has 7 N–H and O–H groups in total. The van der Waals surface area contributed by atoms with Gasteiger partial charge in [-0.25, -0.2) is 23.4 Å². The van der Waals surface area contributed by atoms with Crippen LogP contribution in [0.1, 0.15) is 75.1 Å². The van der Waals surface area contributed by atoms with Gasteiger partial charge in [-0.2, -0.15) is 0 Å². The molecule has 0 bridgehead atoms. The van der Waals surface area contributed by atoms with E-state index in [4.69, 9.17) is 23.7 Å². The molecule has 230 valence electrons. The van der Waals surface area contributed by atoms with Gasteiger partial charge in [0.2, 0.25) is 0 Å². The van der Waals surface area contributed by atoms with E-state index in [0.717, 1.165) is 39.0 Å². The van der Waals surface area contributed by atoms with Crippen LogP contribution in [0.2, 0.25) is 0 Å². The zero-order valence-corrected chi connectivity index (χ0v) is 24.9. The summed E-state index contributed by atoms with van der Waals surface area (Å²) in [6.07, 6.45) is 2.29. The van der Waals surface area contributed by atoms with Gasteiger partial charge in [0.15, 0.2) is 0 Å². The summed E-state index contributed by atoms with van der Waals surface area (Å²) in [5.74, 6) is -2.75. The fraction of sp³-hybridized carbons (Fsp3) is 0.667. The Morgan fingerprint density at radius 3 is 1.44 bits per heavy atom. The van der Waals surface area contributed by atoms with Crippen molar-refractivity contribution in [1.82, 2.24) is 21.3 Å². The fourth-order valence-corrected chi connectivity index (χ4v) is 4.11. The zero-order valence-electron chi connectivity index (χ0n) is 23.2. The molecule has 1 aliphatic heterocycles. The molecule has 0 saturated carbocycles. The molecular formula is C24H43ClN4NiO9. The first-order chi connectivity index (χ1) is 16.8. The van der Waals surface area contributed by atoms with Crippen LogP contribution in [0.15, 0.2) is 24.3 Å². The van der Waals surface area contributed by atoms with E-state index in [2.05, 4.69) is 62.8 Å². The van der Waals surface area contributed by atoms with E-state index in [0.29, 0.717) is 12.1 Å². The van der Waals surface area contributed by atoms with Crippen LogP contribution >= 0.6 is 0 Å². The van der Waals surface area contributed by atoms with E-state index in [-0.39, 0.29) is 44.2 Å². The number of aromatic carboxylic acids is 2. The average Bonchev–Trinajstić information content (AvgIpc) is 2.72. The Bertz CT molecular complexity index is 775. The van der Waals surface area contributed by atoms with Crippen molar-refractivity contribution < 1.29 is 70.6 Å². The van der Waals surface area contributed by atoms with Gasteiger partial charge in [0.25, 0.3) is 0 Å². The Labute approximate surface area is 242 Å². The van der Waals surface area contributed by atoms with Crippen LogP contribution in [0.4, 0.5) is 0 Å². The van der Waals surface area contributed by atoms with E-state index in [1.165, 1.54) is 24.3 Å². The first-order valence-corrected chi connectivity index (χ1v) is 13.2. The first kappa shape index (κ1) is 42.1. The van der Waals surface area contributed by atoms with Crippen molar-refractivity contribution in [2.75, 3.05) is 26.2 Å². The molecule has 1 heterocycles. The first-order valence-electron chi connectivity index (χ1n) is 12.0. The quantitative estimate of drug-likeness (QED) is 0.196. The molecule has 0 spiro atoms. The molecule has 1 saturated heterocycles. The second-order valence-electron chi connectivity index (χ2n) is 10.3. The molecule has 39 heavy (non-hydrogen) atoms. The van der Waals surface area contributed by atoms with Gasteiger partial charge in [-0.05, 0) is 60.5 Å². The number of hydrogen-bond donors (Lipinski definition) is 5. The van der Waals surface area contributed by atoms with Gasteiger partial charge in [-0.1, -0.05) is 18.2 Å². The van der Waals surface area contributed by atoms with Crippen molar-refractivity contribution >= 4 is 11.9 Å². The third-order valence-electron chi connectivity index (χ3n) is 5.45. The van der Waals surface area contributed by atoms with Crippen molar-refractivity contribution in [2.24, 2.45) is 0 Å². The van der Waals surface area contributed by atoms with Crippen molar-refractivity contribution in [3.63, 3.8) is 0 Å². The maximum atomic E-state index is 10.4.